The van der Waals surface area contributed by atoms with Crippen LogP contribution in [0.4, 0.5) is 0 Å². The van der Waals surface area contributed by atoms with Crippen LogP contribution >= 0.6 is 11.6 Å². The lowest BCUT2D eigenvalue weighted by molar-refractivity contribution is -0.138. The molecule has 3 N–H and O–H groups in total. The lowest BCUT2D eigenvalue weighted by atomic mass is 10.1. The van der Waals surface area contributed by atoms with Crippen LogP contribution in [0.3, 0.4) is 0 Å². The van der Waals surface area contributed by atoms with Crippen LogP contribution in [-0.2, 0) is 4.79 Å². The van der Waals surface area contributed by atoms with E-state index in [9.17, 15) is 4.79 Å². The standard InChI is InChI=1S/C9H8ClNO4/c10-5-1-4(7(11)9(12)13)2-6-8(5)15-3-14-6/h1-2,7H,3,11H2,(H,12,13). The van der Waals surface area contributed by atoms with Crippen molar-refractivity contribution in [2.24, 2.45) is 5.73 Å². The molecule has 15 heavy (non-hydrogen) atoms. The second-order valence-corrected chi connectivity index (χ2v) is 3.46. The van der Waals surface area contributed by atoms with Crippen molar-refractivity contribution in [3.8, 4) is 11.5 Å². The second-order valence-electron chi connectivity index (χ2n) is 3.05. The zero-order valence-corrected chi connectivity index (χ0v) is 8.32. The highest BCUT2D eigenvalue weighted by Crippen LogP contribution is 2.40. The zero-order chi connectivity index (χ0) is 11.0. The molecule has 1 aliphatic rings. The fourth-order valence-corrected chi connectivity index (χ4v) is 1.58. The van der Waals surface area contributed by atoms with E-state index in [1.54, 1.807) is 0 Å². The Kier molecular flexibility index (Phi) is 2.42. The normalized spacial score (nSPS) is 15.1. The molecule has 0 saturated heterocycles. The summed E-state index contributed by atoms with van der Waals surface area (Å²) in [5, 5.41) is 9.04. The summed E-state index contributed by atoms with van der Waals surface area (Å²) in [6, 6.07) is 1.87. The summed E-state index contributed by atoms with van der Waals surface area (Å²) in [5.41, 5.74) is 5.83. The van der Waals surface area contributed by atoms with Gasteiger partial charge in [0.05, 0.1) is 5.02 Å². The fraction of sp³-hybridized carbons (Fsp3) is 0.222. The third-order valence-electron chi connectivity index (χ3n) is 2.07. The van der Waals surface area contributed by atoms with Crippen molar-refractivity contribution in [2.75, 3.05) is 6.79 Å². The van der Waals surface area contributed by atoms with Gasteiger partial charge in [-0.3, -0.25) is 4.79 Å². The van der Waals surface area contributed by atoms with Gasteiger partial charge in [0.15, 0.2) is 11.5 Å². The van der Waals surface area contributed by atoms with Gasteiger partial charge >= 0.3 is 5.97 Å². The molecule has 0 spiro atoms. The van der Waals surface area contributed by atoms with Gasteiger partial charge in [-0.05, 0) is 17.7 Å². The minimum atomic E-state index is -1.12. The maximum absolute atomic E-state index is 10.7. The van der Waals surface area contributed by atoms with E-state index < -0.39 is 12.0 Å². The molecule has 1 aromatic rings. The van der Waals surface area contributed by atoms with Crippen LogP contribution in [-0.4, -0.2) is 17.9 Å². The lowest BCUT2D eigenvalue weighted by Crippen LogP contribution is -2.20. The van der Waals surface area contributed by atoms with Crippen molar-refractivity contribution in [1.82, 2.24) is 0 Å². The third-order valence-corrected chi connectivity index (χ3v) is 2.36. The number of fused-ring (bicyclic) bond motifs is 1. The van der Waals surface area contributed by atoms with E-state index in [1.165, 1.54) is 12.1 Å². The first-order valence-electron chi connectivity index (χ1n) is 4.17. The molecule has 0 radical (unpaired) electrons. The first-order chi connectivity index (χ1) is 7.09. The maximum atomic E-state index is 10.7. The predicted molar refractivity (Wildman–Crippen MR) is 52.1 cm³/mol. The Bertz CT molecular complexity index is 421. The van der Waals surface area contributed by atoms with Gasteiger partial charge in [-0.15, -0.1) is 0 Å². The Morgan fingerprint density at radius 3 is 2.93 bits per heavy atom. The molecule has 1 heterocycles. The van der Waals surface area contributed by atoms with E-state index in [2.05, 4.69) is 0 Å². The first-order valence-corrected chi connectivity index (χ1v) is 4.55. The number of hydrogen-bond acceptors (Lipinski definition) is 4. The molecule has 1 unspecified atom stereocenters. The Hall–Kier alpha value is -1.46. The molecule has 0 fully saturated rings. The first kappa shape index (κ1) is 10.1. The van der Waals surface area contributed by atoms with Crippen molar-refractivity contribution < 1.29 is 19.4 Å². The van der Waals surface area contributed by atoms with Crippen LogP contribution in [0.15, 0.2) is 12.1 Å². The highest BCUT2D eigenvalue weighted by Gasteiger charge is 2.22. The quantitative estimate of drug-likeness (QED) is 0.795. The number of rotatable bonds is 2. The second kappa shape index (κ2) is 3.60. The maximum Gasteiger partial charge on any atom is 0.325 e. The number of halogens is 1. The third kappa shape index (κ3) is 1.71. The number of benzene rings is 1. The van der Waals surface area contributed by atoms with E-state index in [-0.39, 0.29) is 6.79 Å². The Balaban J connectivity index is 2.43. The van der Waals surface area contributed by atoms with E-state index in [0.29, 0.717) is 22.1 Å². The van der Waals surface area contributed by atoms with Crippen molar-refractivity contribution in [1.29, 1.82) is 0 Å². The summed E-state index contributed by atoms with van der Waals surface area (Å²) in [7, 11) is 0. The fourth-order valence-electron chi connectivity index (χ4n) is 1.31. The van der Waals surface area contributed by atoms with Crippen molar-refractivity contribution in [3.63, 3.8) is 0 Å². The molecular weight excluding hydrogens is 222 g/mol. The predicted octanol–water partition coefficient (Wildman–Crippen LogP) is 1.15. The highest BCUT2D eigenvalue weighted by atomic mass is 35.5. The summed E-state index contributed by atoms with van der Waals surface area (Å²) >= 11 is 5.87. The highest BCUT2D eigenvalue weighted by molar-refractivity contribution is 6.32. The van der Waals surface area contributed by atoms with Crippen molar-refractivity contribution in [2.45, 2.75) is 6.04 Å². The summed E-state index contributed by atoms with van der Waals surface area (Å²) in [6.45, 7) is 0.0841. The van der Waals surface area contributed by atoms with Gasteiger partial charge in [-0.25, -0.2) is 0 Å². The molecule has 0 saturated carbocycles. The summed E-state index contributed by atoms with van der Waals surface area (Å²) in [6.07, 6.45) is 0. The minimum Gasteiger partial charge on any atom is -0.480 e. The largest absolute Gasteiger partial charge is 0.480 e. The molecule has 6 heteroatoms. The topological polar surface area (TPSA) is 81.8 Å². The average molecular weight is 230 g/mol. The molecule has 1 atom stereocenters. The van der Waals surface area contributed by atoms with Gasteiger partial charge in [0.1, 0.15) is 6.04 Å². The van der Waals surface area contributed by atoms with Gasteiger partial charge in [-0.2, -0.15) is 0 Å². The van der Waals surface area contributed by atoms with E-state index >= 15 is 0 Å². The number of carboxylic acid groups (broad SMARTS) is 1. The van der Waals surface area contributed by atoms with Crippen molar-refractivity contribution >= 4 is 17.6 Å². The summed E-state index contributed by atoms with van der Waals surface area (Å²) in [5.74, 6) is -0.267. The van der Waals surface area contributed by atoms with E-state index in [1.807, 2.05) is 0 Å². The zero-order valence-electron chi connectivity index (χ0n) is 7.57. The lowest BCUT2D eigenvalue weighted by Gasteiger charge is -2.08. The molecular formula is C9H8ClNO4. The van der Waals surface area contributed by atoms with Crippen LogP contribution in [0, 0.1) is 0 Å². The number of ether oxygens (including phenoxy) is 2. The van der Waals surface area contributed by atoms with Gasteiger partial charge in [0, 0.05) is 0 Å². The monoisotopic (exact) mass is 229 g/mol. The van der Waals surface area contributed by atoms with E-state index in [0.717, 1.165) is 0 Å². The molecule has 1 aromatic carbocycles. The van der Waals surface area contributed by atoms with Crippen LogP contribution < -0.4 is 15.2 Å². The molecule has 0 aliphatic carbocycles. The minimum absolute atomic E-state index is 0.0841. The molecule has 0 bridgehead atoms. The number of carboxylic acids is 1. The van der Waals surface area contributed by atoms with Crippen molar-refractivity contribution in [3.05, 3.63) is 22.7 Å². The molecule has 0 amide bonds. The molecule has 5 nitrogen and oxygen atoms in total. The summed E-state index contributed by atoms with van der Waals surface area (Å²) in [4.78, 5) is 10.7. The molecule has 2 rings (SSSR count). The smallest absolute Gasteiger partial charge is 0.325 e. The Morgan fingerprint density at radius 1 is 1.53 bits per heavy atom. The van der Waals surface area contributed by atoms with Gasteiger partial charge in [-0.1, -0.05) is 11.6 Å². The SMILES string of the molecule is NC(C(=O)O)c1cc(Cl)c2c(c1)OCO2. The molecule has 1 aliphatic heterocycles. The van der Waals surface area contributed by atoms with Crippen LogP contribution in [0.5, 0.6) is 11.5 Å². The summed E-state index contributed by atoms with van der Waals surface area (Å²) < 4.78 is 10.2. The molecule has 0 aromatic heterocycles. The number of hydrogen-bond donors (Lipinski definition) is 2. The average Bonchev–Trinajstić information content (AvgIpc) is 2.64. The van der Waals surface area contributed by atoms with Gasteiger partial charge in [0.2, 0.25) is 6.79 Å². The number of carbonyl (C=O) groups is 1. The van der Waals surface area contributed by atoms with Crippen LogP contribution in [0.1, 0.15) is 11.6 Å². The number of nitrogens with two attached hydrogens (primary N) is 1. The van der Waals surface area contributed by atoms with Gasteiger partial charge in [0.25, 0.3) is 0 Å². The molecule has 80 valence electrons. The van der Waals surface area contributed by atoms with Crippen LogP contribution in [0.25, 0.3) is 0 Å². The number of aliphatic carboxylic acids is 1. The Morgan fingerprint density at radius 2 is 2.27 bits per heavy atom. The Labute approximate surface area is 90.3 Å². The van der Waals surface area contributed by atoms with Crippen LogP contribution in [0.2, 0.25) is 5.02 Å². The van der Waals surface area contributed by atoms with E-state index in [4.69, 9.17) is 31.9 Å². The van der Waals surface area contributed by atoms with Gasteiger partial charge < -0.3 is 20.3 Å².